The molecular weight excluding hydrogens is 472 g/mol. The number of anilines is 1. The lowest BCUT2D eigenvalue weighted by Crippen LogP contribution is -2.59. The molecule has 0 bridgehead atoms. The number of furan rings is 1. The highest BCUT2D eigenvalue weighted by Gasteiger charge is 2.39. The predicted molar refractivity (Wildman–Crippen MR) is 135 cm³/mol. The molecule has 0 N–H and O–H groups in total. The first-order chi connectivity index (χ1) is 18.0. The Morgan fingerprint density at radius 1 is 1.22 bits per heavy atom. The minimum Gasteiger partial charge on any atom is -0.469 e. The Kier molecular flexibility index (Phi) is 7.47. The van der Waals surface area contributed by atoms with Crippen LogP contribution >= 0.6 is 0 Å². The average Bonchev–Trinajstić information content (AvgIpc) is 3.37. The summed E-state index contributed by atoms with van der Waals surface area (Å²) in [6.45, 7) is 5.74. The molecule has 196 valence electrons. The molecule has 1 unspecified atom stereocenters. The van der Waals surface area contributed by atoms with Gasteiger partial charge in [0.25, 0.3) is 5.91 Å². The minimum atomic E-state index is -0.818. The number of pyridine rings is 1. The zero-order valence-electron chi connectivity index (χ0n) is 21.6. The third-order valence-corrected chi connectivity index (χ3v) is 7.86. The van der Waals surface area contributed by atoms with E-state index in [2.05, 4.69) is 6.07 Å². The van der Waals surface area contributed by atoms with Crippen LogP contribution in [0.4, 0.5) is 5.82 Å². The van der Waals surface area contributed by atoms with E-state index in [1.165, 1.54) is 25.5 Å². The van der Waals surface area contributed by atoms with Crippen molar-refractivity contribution in [2.24, 2.45) is 0 Å². The number of nitriles is 1. The van der Waals surface area contributed by atoms with Gasteiger partial charge < -0.3 is 23.7 Å². The molecular formula is C28H34N4O5. The number of amides is 1. The number of hydrogen-bond acceptors (Lipinski definition) is 8. The normalized spacial score (nSPS) is 20.3. The number of aryl methyl sites for hydroxylation is 1. The van der Waals surface area contributed by atoms with Crippen molar-refractivity contribution in [1.82, 2.24) is 9.88 Å². The van der Waals surface area contributed by atoms with Crippen LogP contribution in [0.5, 0.6) is 0 Å². The number of rotatable bonds is 5. The highest BCUT2D eigenvalue weighted by molar-refractivity contribution is 5.98. The average molecular weight is 507 g/mol. The summed E-state index contributed by atoms with van der Waals surface area (Å²) in [5.41, 5.74) is 4.14. The molecule has 2 aromatic rings. The molecule has 9 heteroatoms. The summed E-state index contributed by atoms with van der Waals surface area (Å²) in [4.78, 5) is 35.1. The minimum absolute atomic E-state index is 0.211. The quantitative estimate of drug-likeness (QED) is 0.563. The third kappa shape index (κ3) is 4.82. The Labute approximate surface area is 217 Å². The van der Waals surface area contributed by atoms with Crippen molar-refractivity contribution >= 4 is 17.7 Å². The fourth-order valence-corrected chi connectivity index (χ4v) is 5.94. The van der Waals surface area contributed by atoms with Gasteiger partial charge in [-0.2, -0.15) is 5.26 Å². The molecule has 2 aliphatic heterocycles. The third-order valence-electron chi connectivity index (χ3n) is 7.86. The molecule has 1 amide bonds. The van der Waals surface area contributed by atoms with E-state index in [9.17, 15) is 14.9 Å². The van der Waals surface area contributed by atoms with Crippen LogP contribution in [-0.2, 0) is 27.3 Å². The first-order valence-corrected chi connectivity index (χ1v) is 13.3. The Bertz CT molecular complexity index is 1210. The monoisotopic (exact) mass is 506 g/mol. The highest BCUT2D eigenvalue weighted by atomic mass is 16.5. The van der Waals surface area contributed by atoms with Gasteiger partial charge in [0.15, 0.2) is 0 Å². The van der Waals surface area contributed by atoms with Crippen LogP contribution < -0.4 is 4.90 Å². The SMILES string of the molecule is CCOC(=O)C1CN(c2nc(C3CCCCC3)c3c(c2C#N)CCOC3)CCN1C(=O)c1ccoc1C. The summed E-state index contributed by atoms with van der Waals surface area (Å²) in [5.74, 6) is 0.757. The molecule has 5 rings (SSSR count). The lowest BCUT2D eigenvalue weighted by molar-refractivity contribution is -0.148. The van der Waals surface area contributed by atoms with Gasteiger partial charge in [-0.25, -0.2) is 9.78 Å². The Hall–Kier alpha value is -3.38. The van der Waals surface area contributed by atoms with Crippen molar-refractivity contribution in [3.05, 3.63) is 46.0 Å². The van der Waals surface area contributed by atoms with E-state index >= 15 is 0 Å². The zero-order valence-corrected chi connectivity index (χ0v) is 21.6. The second-order valence-corrected chi connectivity index (χ2v) is 10.0. The molecule has 2 fully saturated rings. The van der Waals surface area contributed by atoms with E-state index in [1.807, 2.05) is 4.90 Å². The lowest BCUT2D eigenvalue weighted by atomic mass is 9.82. The smallest absolute Gasteiger partial charge is 0.330 e. The van der Waals surface area contributed by atoms with Crippen LogP contribution in [0.15, 0.2) is 16.7 Å². The van der Waals surface area contributed by atoms with Crippen molar-refractivity contribution < 1.29 is 23.5 Å². The van der Waals surface area contributed by atoms with Gasteiger partial charge in [-0.05, 0) is 44.7 Å². The molecule has 3 aliphatic rings. The maximum atomic E-state index is 13.4. The summed E-state index contributed by atoms with van der Waals surface area (Å²) in [7, 11) is 0. The molecule has 4 heterocycles. The van der Waals surface area contributed by atoms with Crippen LogP contribution in [0, 0.1) is 18.3 Å². The standard InChI is InChI=1S/C28H34N4O5/c1-3-36-28(34)24-16-31(11-12-32(24)27(33)20-10-14-37-18(20)2)26-22(15-29)21-9-13-35-17-23(21)25(30-26)19-7-5-4-6-8-19/h10,14,19,24H,3-9,11-13,16-17H2,1-2H3. The topological polar surface area (TPSA) is 109 Å². The number of esters is 1. The maximum absolute atomic E-state index is 13.4. The molecule has 0 spiro atoms. The number of fused-ring (bicyclic) bond motifs is 1. The number of carbonyl (C=O) groups excluding carboxylic acids is 2. The van der Waals surface area contributed by atoms with Gasteiger partial charge in [-0.1, -0.05) is 19.3 Å². The van der Waals surface area contributed by atoms with Gasteiger partial charge in [-0.3, -0.25) is 4.79 Å². The number of carbonyl (C=O) groups is 2. The van der Waals surface area contributed by atoms with Crippen LogP contribution in [0.1, 0.15) is 83.4 Å². The van der Waals surface area contributed by atoms with Crippen LogP contribution in [-0.4, -0.2) is 60.7 Å². The zero-order chi connectivity index (χ0) is 25.9. The summed E-state index contributed by atoms with van der Waals surface area (Å²) in [6, 6.07) is 3.23. The van der Waals surface area contributed by atoms with E-state index in [-0.39, 0.29) is 19.1 Å². The number of nitrogens with zero attached hydrogens (tertiary/aromatic N) is 4. The Morgan fingerprint density at radius 2 is 2.03 bits per heavy atom. The summed E-state index contributed by atoms with van der Waals surface area (Å²) in [6.07, 6.45) is 7.92. The van der Waals surface area contributed by atoms with Crippen molar-refractivity contribution in [2.45, 2.75) is 70.9 Å². The molecule has 1 atom stereocenters. The molecule has 0 aromatic carbocycles. The number of hydrogen-bond donors (Lipinski definition) is 0. The van der Waals surface area contributed by atoms with E-state index in [0.717, 1.165) is 29.7 Å². The Balaban J connectivity index is 1.52. The van der Waals surface area contributed by atoms with Crippen molar-refractivity contribution in [1.29, 1.82) is 5.26 Å². The fourth-order valence-electron chi connectivity index (χ4n) is 5.94. The van der Waals surface area contributed by atoms with Gasteiger partial charge in [0.05, 0.1) is 49.4 Å². The van der Waals surface area contributed by atoms with Crippen LogP contribution in [0.3, 0.4) is 0 Å². The van der Waals surface area contributed by atoms with Crippen LogP contribution in [0.25, 0.3) is 0 Å². The first kappa shape index (κ1) is 25.3. The Morgan fingerprint density at radius 3 is 2.73 bits per heavy atom. The summed E-state index contributed by atoms with van der Waals surface area (Å²) < 4.78 is 16.5. The number of aromatic nitrogens is 1. The first-order valence-electron chi connectivity index (χ1n) is 13.3. The number of ether oxygens (including phenoxy) is 2. The highest BCUT2D eigenvalue weighted by Crippen LogP contribution is 2.39. The predicted octanol–water partition coefficient (Wildman–Crippen LogP) is 3.87. The van der Waals surface area contributed by atoms with Gasteiger partial charge >= 0.3 is 5.97 Å². The van der Waals surface area contributed by atoms with Gasteiger partial charge in [0, 0.05) is 24.6 Å². The largest absolute Gasteiger partial charge is 0.469 e. The molecule has 9 nitrogen and oxygen atoms in total. The maximum Gasteiger partial charge on any atom is 0.330 e. The summed E-state index contributed by atoms with van der Waals surface area (Å²) in [5, 5.41) is 10.2. The van der Waals surface area contributed by atoms with E-state index in [4.69, 9.17) is 18.9 Å². The van der Waals surface area contributed by atoms with E-state index in [0.29, 0.717) is 61.3 Å². The lowest BCUT2D eigenvalue weighted by Gasteiger charge is -2.41. The molecule has 2 aromatic heterocycles. The number of piperazine rings is 1. The summed E-state index contributed by atoms with van der Waals surface area (Å²) >= 11 is 0. The van der Waals surface area contributed by atoms with Gasteiger partial charge in [0.1, 0.15) is 23.7 Å². The molecule has 1 saturated carbocycles. The molecule has 1 saturated heterocycles. The van der Waals surface area contributed by atoms with E-state index in [1.54, 1.807) is 24.8 Å². The van der Waals surface area contributed by atoms with Crippen molar-refractivity contribution in [3.8, 4) is 6.07 Å². The fraction of sp³-hybridized carbons (Fsp3) is 0.571. The van der Waals surface area contributed by atoms with E-state index < -0.39 is 12.0 Å². The second kappa shape index (κ2) is 10.9. The molecule has 0 radical (unpaired) electrons. The van der Waals surface area contributed by atoms with Crippen molar-refractivity contribution in [2.75, 3.05) is 37.7 Å². The van der Waals surface area contributed by atoms with Gasteiger partial charge in [0.2, 0.25) is 0 Å². The van der Waals surface area contributed by atoms with Gasteiger partial charge in [-0.15, -0.1) is 0 Å². The molecule has 37 heavy (non-hydrogen) atoms. The van der Waals surface area contributed by atoms with Crippen LogP contribution in [0.2, 0.25) is 0 Å². The second-order valence-electron chi connectivity index (χ2n) is 10.0. The van der Waals surface area contributed by atoms with Crippen molar-refractivity contribution in [3.63, 3.8) is 0 Å². The molecule has 1 aliphatic carbocycles.